The molecule has 4 rings (SSSR count). The van der Waals surface area contributed by atoms with Crippen molar-refractivity contribution in [3.8, 4) is 10.4 Å². The molecular weight excluding hydrogens is 484 g/mol. The fourth-order valence-corrected chi connectivity index (χ4v) is 4.26. The lowest BCUT2D eigenvalue weighted by molar-refractivity contribution is 0.102. The molecule has 1 heterocycles. The van der Waals surface area contributed by atoms with Crippen LogP contribution < -0.4 is 21.7 Å². The Bertz CT molecular complexity index is 1320. The van der Waals surface area contributed by atoms with Gasteiger partial charge >= 0.3 is 0 Å². The molecule has 0 atom stereocenters. The van der Waals surface area contributed by atoms with E-state index in [1.165, 1.54) is 0 Å². The number of anilines is 3. The number of nitrogen functional groups attached to an aromatic ring is 1. The Balaban J connectivity index is 1.34. The Kier molecular flexibility index (Phi) is 8.98. The van der Waals surface area contributed by atoms with Crippen molar-refractivity contribution in [3.05, 3.63) is 89.8 Å². The standard InChI is InChI=1S/C28H30N6O2S/c1-34(15-17-36-16-14-29)24-11-9-23(10-12-24)33-32-22-7-4-20(5-8-22)28(35)31-26-19-21(6-13-25(26)30)27-3-2-18-37-27/h2-13,18-19H,14-17,29-30H2,1H3,(H,31,35)/b33-32+. The van der Waals surface area contributed by atoms with Gasteiger partial charge in [0.2, 0.25) is 0 Å². The van der Waals surface area contributed by atoms with Crippen molar-refractivity contribution in [2.75, 3.05) is 49.3 Å². The number of rotatable bonds is 11. The van der Waals surface area contributed by atoms with E-state index in [4.69, 9.17) is 16.2 Å². The number of hydrogen-bond donors (Lipinski definition) is 3. The Hall–Kier alpha value is -4.05. The molecule has 9 heteroatoms. The lowest BCUT2D eigenvalue weighted by atomic mass is 10.1. The quantitative estimate of drug-likeness (QED) is 0.127. The van der Waals surface area contributed by atoms with E-state index in [2.05, 4.69) is 20.4 Å². The smallest absolute Gasteiger partial charge is 0.255 e. The minimum Gasteiger partial charge on any atom is -0.397 e. The van der Waals surface area contributed by atoms with Gasteiger partial charge in [-0.2, -0.15) is 10.2 Å². The van der Waals surface area contributed by atoms with Crippen molar-refractivity contribution in [2.45, 2.75) is 0 Å². The Morgan fingerprint density at radius 2 is 1.68 bits per heavy atom. The fraction of sp³-hybridized carbons (Fsp3) is 0.179. The Morgan fingerprint density at radius 1 is 0.973 bits per heavy atom. The molecular formula is C28H30N6O2S. The molecule has 0 saturated heterocycles. The number of benzene rings is 3. The number of ether oxygens (including phenoxy) is 1. The van der Waals surface area contributed by atoms with E-state index in [-0.39, 0.29) is 5.91 Å². The first-order valence-electron chi connectivity index (χ1n) is 11.9. The molecule has 0 aliphatic rings. The summed E-state index contributed by atoms with van der Waals surface area (Å²) in [5.74, 6) is -0.244. The van der Waals surface area contributed by atoms with Crippen LogP contribution in [0.4, 0.5) is 28.4 Å². The van der Waals surface area contributed by atoms with E-state index in [1.807, 2.05) is 61.0 Å². The predicted octanol–water partition coefficient (Wildman–Crippen LogP) is 6.08. The third-order valence-corrected chi connectivity index (χ3v) is 6.56. The molecule has 1 amide bonds. The van der Waals surface area contributed by atoms with Crippen LogP contribution in [0.3, 0.4) is 0 Å². The van der Waals surface area contributed by atoms with Gasteiger partial charge in [-0.3, -0.25) is 4.79 Å². The van der Waals surface area contributed by atoms with Crippen molar-refractivity contribution in [3.63, 3.8) is 0 Å². The lowest BCUT2D eigenvalue weighted by Gasteiger charge is -2.19. The maximum Gasteiger partial charge on any atom is 0.255 e. The molecule has 0 saturated carbocycles. The van der Waals surface area contributed by atoms with Crippen molar-refractivity contribution in [2.24, 2.45) is 16.0 Å². The highest BCUT2D eigenvalue weighted by Gasteiger charge is 2.10. The summed E-state index contributed by atoms with van der Waals surface area (Å²) < 4.78 is 5.43. The number of hydrogen-bond acceptors (Lipinski definition) is 8. The van der Waals surface area contributed by atoms with Crippen LogP contribution in [0.15, 0.2) is 94.5 Å². The number of nitrogens with one attached hydrogen (secondary N) is 1. The van der Waals surface area contributed by atoms with Crippen LogP contribution in [0, 0.1) is 0 Å². The maximum atomic E-state index is 12.8. The second-order valence-electron chi connectivity index (χ2n) is 8.32. The van der Waals surface area contributed by atoms with Crippen LogP contribution in [0.2, 0.25) is 0 Å². The minimum absolute atomic E-state index is 0.244. The molecule has 0 aliphatic heterocycles. The predicted molar refractivity (Wildman–Crippen MR) is 152 cm³/mol. The molecule has 0 spiro atoms. The first-order valence-corrected chi connectivity index (χ1v) is 12.8. The highest BCUT2D eigenvalue weighted by atomic mass is 32.1. The summed E-state index contributed by atoms with van der Waals surface area (Å²) in [6, 6.07) is 24.4. The second kappa shape index (κ2) is 12.8. The van der Waals surface area contributed by atoms with Crippen LogP contribution >= 0.6 is 11.3 Å². The topological polar surface area (TPSA) is 118 Å². The zero-order valence-electron chi connectivity index (χ0n) is 20.6. The summed E-state index contributed by atoms with van der Waals surface area (Å²) in [6.07, 6.45) is 0. The molecule has 5 N–H and O–H groups in total. The molecule has 0 bridgehead atoms. The summed E-state index contributed by atoms with van der Waals surface area (Å²) in [5.41, 5.74) is 16.6. The van der Waals surface area contributed by atoms with Crippen LogP contribution in [0.5, 0.6) is 0 Å². The molecule has 3 aromatic carbocycles. The number of thiophene rings is 1. The summed E-state index contributed by atoms with van der Waals surface area (Å²) in [7, 11) is 2.01. The summed E-state index contributed by atoms with van der Waals surface area (Å²) in [4.78, 5) is 16.0. The largest absolute Gasteiger partial charge is 0.397 e. The number of carbonyl (C=O) groups is 1. The molecule has 37 heavy (non-hydrogen) atoms. The van der Waals surface area contributed by atoms with Gasteiger partial charge in [-0.25, -0.2) is 0 Å². The van der Waals surface area contributed by atoms with E-state index in [0.717, 1.165) is 28.4 Å². The summed E-state index contributed by atoms with van der Waals surface area (Å²) in [5, 5.41) is 13.5. The van der Waals surface area contributed by atoms with Crippen LogP contribution in [0.25, 0.3) is 10.4 Å². The number of amides is 1. The highest BCUT2D eigenvalue weighted by molar-refractivity contribution is 7.13. The third-order valence-electron chi connectivity index (χ3n) is 5.64. The van der Waals surface area contributed by atoms with Gasteiger partial charge in [-0.05, 0) is 77.7 Å². The number of likely N-dealkylation sites (N-methyl/N-ethyl adjacent to an activating group) is 1. The van der Waals surface area contributed by atoms with E-state index >= 15 is 0 Å². The van der Waals surface area contributed by atoms with Gasteiger partial charge in [0.25, 0.3) is 5.91 Å². The van der Waals surface area contributed by atoms with Crippen molar-refractivity contribution >= 4 is 45.7 Å². The third kappa shape index (κ3) is 7.23. The van der Waals surface area contributed by atoms with Crippen LogP contribution in [0.1, 0.15) is 10.4 Å². The molecule has 1 aromatic heterocycles. The summed E-state index contributed by atoms with van der Waals surface area (Å²) >= 11 is 1.63. The van der Waals surface area contributed by atoms with Gasteiger partial charge in [0.15, 0.2) is 0 Å². The number of carbonyl (C=O) groups excluding carboxylic acids is 1. The maximum absolute atomic E-state index is 12.8. The fourth-order valence-electron chi connectivity index (χ4n) is 3.54. The molecule has 8 nitrogen and oxygen atoms in total. The van der Waals surface area contributed by atoms with Crippen molar-refractivity contribution in [1.29, 1.82) is 0 Å². The van der Waals surface area contributed by atoms with Gasteiger partial charge in [0, 0.05) is 36.3 Å². The first-order chi connectivity index (χ1) is 18.0. The van der Waals surface area contributed by atoms with Crippen LogP contribution in [-0.4, -0.2) is 39.3 Å². The molecule has 0 aliphatic carbocycles. The SMILES string of the molecule is CN(CCOCCN)c1ccc(/N=N/c2ccc(C(=O)Nc3cc(-c4cccs4)ccc3N)cc2)cc1. The molecule has 0 fully saturated rings. The van der Waals surface area contributed by atoms with E-state index < -0.39 is 0 Å². The zero-order chi connectivity index (χ0) is 26.0. The minimum atomic E-state index is -0.244. The lowest BCUT2D eigenvalue weighted by Crippen LogP contribution is -2.23. The number of azo groups is 1. The van der Waals surface area contributed by atoms with Crippen LogP contribution in [-0.2, 0) is 4.74 Å². The van der Waals surface area contributed by atoms with Gasteiger partial charge < -0.3 is 26.4 Å². The average molecular weight is 515 g/mol. The summed E-state index contributed by atoms with van der Waals surface area (Å²) in [6.45, 7) is 2.49. The van der Waals surface area contributed by atoms with Gasteiger partial charge in [-0.15, -0.1) is 11.3 Å². The molecule has 4 aromatic rings. The average Bonchev–Trinajstić information content (AvgIpc) is 3.47. The van der Waals surface area contributed by atoms with Gasteiger partial charge in [0.1, 0.15) is 0 Å². The monoisotopic (exact) mass is 514 g/mol. The van der Waals surface area contributed by atoms with Crippen molar-refractivity contribution in [1.82, 2.24) is 0 Å². The van der Waals surface area contributed by atoms with Gasteiger partial charge in [0.05, 0.1) is 36.0 Å². The molecule has 0 radical (unpaired) electrons. The zero-order valence-corrected chi connectivity index (χ0v) is 21.4. The highest BCUT2D eigenvalue weighted by Crippen LogP contribution is 2.30. The van der Waals surface area contributed by atoms with E-state index in [1.54, 1.807) is 41.7 Å². The van der Waals surface area contributed by atoms with Gasteiger partial charge in [-0.1, -0.05) is 12.1 Å². The van der Waals surface area contributed by atoms with E-state index in [0.29, 0.717) is 42.4 Å². The Labute approximate surface area is 220 Å². The van der Waals surface area contributed by atoms with E-state index in [9.17, 15) is 4.79 Å². The normalized spacial score (nSPS) is 11.1. The van der Waals surface area contributed by atoms with Crippen molar-refractivity contribution < 1.29 is 9.53 Å². The Morgan fingerprint density at radius 3 is 2.32 bits per heavy atom. The molecule has 0 unspecified atom stereocenters. The second-order valence-corrected chi connectivity index (χ2v) is 9.27. The number of nitrogens with zero attached hydrogens (tertiary/aromatic N) is 3. The number of nitrogens with two attached hydrogens (primary N) is 2. The first kappa shape index (κ1) is 26.0. The molecule has 190 valence electrons.